The second-order valence-corrected chi connectivity index (χ2v) is 7.62. The Morgan fingerprint density at radius 3 is 2.34 bits per heavy atom. The van der Waals surface area contributed by atoms with E-state index in [9.17, 15) is 4.79 Å². The van der Waals surface area contributed by atoms with Crippen molar-refractivity contribution in [3.05, 3.63) is 112 Å². The Balaban J connectivity index is 1.56. The summed E-state index contributed by atoms with van der Waals surface area (Å²) in [4.78, 5) is 21.6. The molecule has 0 aliphatic rings. The first kappa shape index (κ1) is 21.6. The number of carbonyl (C=O) groups excluding carboxylic acids is 1. The Morgan fingerprint density at radius 2 is 1.56 bits per heavy atom. The molecule has 2 N–H and O–H groups in total. The van der Waals surface area contributed by atoms with E-state index in [4.69, 9.17) is 23.2 Å². The molecule has 0 unspecified atom stereocenters. The number of rotatable bonds is 7. The van der Waals surface area contributed by atoms with Gasteiger partial charge in [0.2, 0.25) is 0 Å². The van der Waals surface area contributed by atoms with Gasteiger partial charge in [0, 0.05) is 28.7 Å². The van der Waals surface area contributed by atoms with Gasteiger partial charge < -0.3 is 10.6 Å². The van der Waals surface area contributed by atoms with E-state index in [1.54, 1.807) is 54.9 Å². The van der Waals surface area contributed by atoms with Crippen LogP contribution >= 0.6 is 23.2 Å². The minimum absolute atomic E-state index is 0.184. The van der Waals surface area contributed by atoms with Crippen LogP contribution in [0.2, 0.25) is 10.0 Å². The topological polar surface area (TPSA) is 66.9 Å². The molecule has 4 aromatic rings. The Labute approximate surface area is 195 Å². The molecule has 0 fully saturated rings. The van der Waals surface area contributed by atoms with Crippen LogP contribution in [0.15, 0.2) is 91.3 Å². The number of allylic oxidation sites excluding steroid dienone is 1. The van der Waals surface area contributed by atoms with Crippen LogP contribution in [0.5, 0.6) is 0 Å². The Morgan fingerprint density at radius 1 is 0.812 bits per heavy atom. The van der Waals surface area contributed by atoms with Crippen molar-refractivity contribution in [2.75, 3.05) is 10.6 Å². The van der Waals surface area contributed by atoms with Crippen molar-refractivity contribution in [2.45, 2.75) is 0 Å². The molecule has 0 bridgehead atoms. The van der Waals surface area contributed by atoms with E-state index in [2.05, 4.69) is 20.6 Å². The lowest BCUT2D eigenvalue weighted by molar-refractivity contribution is 0.104. The number of ketones is 1. The zero-order chi connectivity index (χ0) is 22.3. The van der Waals surface area contributed by atoms with Crippen LogP contribution in [0.1, 0.15) is 15.9 Å². The smallest absolute Gasteiger partial charge is 0.189 e. The first-order chi connectivity index (χ1) is 15.6. The second kappa shape index (κ2) is 10.1. The van der Waals surface area contributed by atoms with Crippen molar-refractivity contribution in [3.8, 4) is 0 Å². The first-order valence-corrected chi connectivity index (χ1v) is 10.5. The van der Waals surface area contributed by atoms with E-state index in [0.29, 0.717) is 32.9 Å². The number of pyridine rings is 2. The molecule has 32 heavy (non-hydrogen) atoms. The lowest BCUT2D eigenvalue weighted by Crippen LogP contribution is -2.03. The summed E-state index contributed by atoms with van der Waals surface area (Å²) in [6.45, 7) is 0. The third-order valence-electron chi connectivity index (χ3n) is 4.55. The number of hydrogen-bond donors (Lipinski definition) is 2. The Bertz CT molecular complexity index is 1280. The molecular weight excluding hydrogens is 443 g/mol. The predicted molar refractivity (Wildman–Crippen MR) is 131 cm³/mol. The summed E-state index contributed by atoms with van der Waals surface area (Å²) in [7, 11) is 0. The van der Waals surface area contributed by atoms with Crippen LogP contribution < -0.4 is 10.6 Å². The molecule has 0 atom stereocenters. The first-order valence-electron chi connectivity index (χ1n) is 9.77. The highest BCUT2D eigenvalue weighted by Gasteiger charge is 2.11. The lowest BCUT2D eigenvalue weighted by atomic mass is 10.1. The van der Waals surface area contributed by atoms with Gasteiger partial charge in [-0.3, -0.25) is 4.79 Å². The summed E-state index contributed by atoms with van der Waals surface area (Å²) in [6, 6.07) is 21.9. The van der Waals surface area contributed by atoms with Crippen LogP contribution in [0.3, 0.4) is 0 Å². The molecule has 2 heterocycles. The number of anilines is 4. The number of nitrogens with zero attached hydrogens (tertiary/aromatic N) is 2. The van der Waals surface area contributed by atoms with Crippen molar-refractivity contribution in [3.63, 3.8) is 0 Å². The van der Waals surface area contributed by atoms with Gasteiger partial charge in [0.15, 0.2) is 5.78 Å². The van der Waals surface area contributed by atoms with Gasteiger partial charge in [-0.1, -0.05) is 41.4 Å². The van der Waals surface area contributed by atoms with Crippen molar-refractivity contribution >= 4 is 58.1 Å². The highest BCUT2D eigenvalue weighted by atomic mass is 35.5. The quantitative estimate of drug-likeness (QED) is 0.226. The van der Waals surface area contributed by atoms with Crippen molar-refractivity contribution in [2.24, 2.45) is 0 Å². The summed E-state index contributed by atoms with van der Waals surface area (Å²) < 4.78 is 0. The van der Waals surface area contributed by atoms with Crippen LogP contribution in [-0.4, -0.2) is 15.8 Å². The van der Waals surface area contributed by atoms with E-state index >= 15 is 0 Å². The molecule has 0 spiro atoms. The maximum absolute atomic E-state index is 12.9. The second-order valence-electron chi connectivity index (χ2n) is 6.78. The number of hydrogen-bond acceptors (Lipinski definition) is 5. The van der Waals surface area contributed by atoms with Crippen molar-refractivity contribution in [1.82, 2.24) is 9.97 Å². The van der Waals surface area contributed by atoms with E-state index in [1.807, 2.05) is 36.4 Å². The van der Waals surface area contributed by atoms with E-state index in [-0.39, 0.29) is 5.78 Å². The standard InChI is InChI=1S/C25H18Cl2N4O/c26-18-11-12-22(21(27)16-18)31-24-17(6-4-14-28-24)10-13-23(32)20-9-5-15-29-25(20)30-19-7-2-1-3-8-19/h1-16H,(H,28,31)(H,29,30)/b13-10+. The van der Waals surface area contributed by atoms with E-state index < -0.39 is 0 Å². The van der Waals surface area contributed by atoms with Gasteiger partial charge in [0.1, 0.15) is 11.6 Å². The molecule has 2 aromatic heterocycles. The largest absolute Gasteiger partial charge is 0.340 e. The monoisotopic (exact) mass is 460 g/mol. The zero-order valence-corrected chi connectivity index (χ0v) is 18.3. The molecule has 0 saturated heterocycles. The molecule has 0 amide bonds. The van der Waals surface area contributed by atoms with Crippen LogP contribution in [-0.2, 0) is 0 Å². The van der Waals surface area contributed by atoms with Gasteiger partial charge >= 0.3 is 0 Å². The number of benzene rings is 2. The summed E-state index contributed by atoms with van der Waals surface area (Å²) in [6.07, 6.45) is 6.51. The summed E-state index contributed by atoms with van der Waals surface area (Å²) in [5.41, 5.74) is 2.71. The summed E-state index contributed by atoms with van der Waals surface area (Å²) >= 11 is 12.2. The Kier molecular flexibility index (Phi) is 6.80. The van der Waals surface area contributed by atoms with Crippen molar-refractivity contribution < 1.29 is 4.79 Å². The van der Waals surface area contributed by atoms with Gasteiger partial charge in [-0.05, 0) is 66.7 Å². The van der Waals surface area contributed by atoms with Gasteiger partial charge in [-0.25, -0.2) is 9.97 Å². The molecule has 0 saturated carbocycles. The molecule has 0 radical (unpaired) electrons. The minimum Gasteiger partial charge on any atom is -0.340 e. The number of nitrogens with one attached hydrogen (secondary N) is 2. The lowest BCUT2D eigenvalue weighted by Gasteiger charge is -2.10. The normalized spacial score (nSPS) is 10.8. The number of halogens is 2. The minimum atomic E-state index is -0.184. The molecule has 0 aliphatic heterocycles. The van der Waals surface area contributed by atoms with Crippen LogP contribution in [0.25, 0.3) is 6.08 Å². The SMILES string of the molecule is O=C(/C=C/c1cccnc1Nc1ccc(Cl)cc1Cl)c1cccnc1Nc1ccccc1. The van der Waals surface area contributed by atoms with E-state index in [0.717, 1.165) is 11.3 Å². The molecule has 2 aromatic carbocycles. The number of aromatic nitrogens is 2. The third-order valence-corrected chi connectivity index (χ3v) is 5.09. The fourth-order valence-corrected chi connectivity index (χ4v) is 3.45. The average Bonchev–Trinajstić information content (AvgIpc) is 2.81. The molecule has 0 aliphatic carbocycles. The van der Waals surface area contributed by atoms with Gasteiger partial charge in [-0.2, -0.15) is 0 Å². The molecular formula is C25H18Cl2N4O. The molecule has 158 valence electrons. The maximum atomic E-state index is 12.9. The zero-order valence-electron chi connectivity index (χ0n) is 16.8. The number of para-hydroxylation sites is 1. The third kappa shape index (κ3) is 5.32. The van der Waals surface area contributed by atoms with Crippen molar-refractivity contribution in [1.29, 1.82) is 0 Å². The van der Waals surface area contributed by atoms with E-state index in [1.165, 1.54) is 6.08 Å². The fourth-order valence-electron chi connectivity index (χ4n) is 2.99. The maximum Gasteiger partial charge on any atom is 0.189 e. The summed E-state index contributed by atoms with van der Waals surface area (Å²) in [5, 5.41) is 7.40. The fraction of sp³-hybridized carbons (Fsp3) is 0. The average molecular weight is 461 g/mol. The van der Waals surface area contributed by atoms with Gasteiger partial charge in [0.05, 0.1) is 16.3 Å². The predicted octanol–water partition coefficient (Wildman–Crippen LogP) is 7.17. The molecule has 4 rings (SSSR count). The molecule has 5 nitrogen and oxygen atoms in total. The van der Waals surface area contributed by atoms with Gasteiger partial charge in [0.25, 0.3) is 0 Å². The summed E-state index contributed by atoms with van der Waals surface area (Å²) in [5.74, 6) is 0.872. The highest BCUT2D eigenvalue weighted by Crippen LogP contribution is 2.29. The Hall–Kier alpha value is -3.67. The van der Waals surface area contributed by atoms with Crippen LogP contribution in [0, 0.1) is 0 Å². The number of carbonyl (C=O) groups is 1. The highest BCUT2D eigenvalue weighted by molar-refractivity contribution is 6.36. The molecule has 7 heteroatoms. The van der Waals surface area contributed by atoms with Crippen LogP contribution in [0.4, 0.5) is 23.0 Å². The van der Waals surface area contributed by atoms with Gasteiger partial charge in [-0.15, -0.1) is 0 Å².